The maximum Gasteiger partial charge on any atom is 0.0471 e. The van der Waals surface area contributed by atoms with Gasteiger partial charge in [0.25, 0.3) is 0 Å². The lowest BCUT2D eigenvalue weighted by Gasteiger charge is -2.14. The third-order valence-corrected chi connectivity index (χ3v) is 3.99. The predicted octanol–water partition coefficient (Wildman–Crippen LogP) is 0.766. The van der Waals surface area contributed by atoms with Gasteiger partial charge in [-0.3, -0.25) is 0 Å². The van der Waals surface area contributed by atoms with Crippen LogP contribution in [0.2, 0.25) is 0 Å². The van der Waals surface area contributed by atoms with Gasteiger partial charge in [-0.05, 0) is 23.9 Å². The van der Waals surface area contributed by atoms with Crippen molar-refractivity contribution >= 4 is 0 Å². The van der Waals surface area contributed by atoms with Crippen LogP contribution in [0.5, 0.6) is 0 Å². The predicted molar refractivity (Wildman–Crippen MR) is 55.1 cm³/mol. The molecule has 2 aliphatic rings. The summed E-state index contributed by atoms with van der Waals surface area (Å²) in [7, 11) is 0. The van der Waals surface area contributed by atoms with Crippen LogP contribution < -0.4 is 5.32 Å². The second-order valence-corrected chi connectivity index (χ2v) is 4.43. The van der Waals surface area contributed by atoms with Gasteiger partial charge in [-0.15, -0.1) is 0 Å². The van der Waals surface area contributed by atoms with Crippen LogP contribution in [-0.4, -0.2) is 24.8 Å². The summed E-state index contributed by atoms with van der Waals surface area (Å²) < 4.78 is 0. The van der Waals surface area contributed by atoms with Crippen LogP contribution in [0.4, 0.5) is 0 Å². The summed E-state index contributed by atoms with van der Waals surface area (Å²) in [5.41, 5.74) is 1.66. The minimum absolute atomic E-state index is 0.260. The molecule has 0 spiro atoms. The molecule has 1 aromatic rings. The van der Waals surface area contributed by atoms with Crippen LogP contribution in [0, 0.1) is 11.8 Å². The summed E-state index contributed by atoms with van der Waals surface area (Å²) in [4.78, 5) is 0. The smallest absolute Gasteiger partial charge is 0.0471 e. The molecule has 1 aliphatic heterocycles. The van der Waals surface area contributed by atoms with Crippen LogP contribution in [0.15, 0.2) is 30.3 Å². The van der Waals surface area contributed by atoms with Crippen LogP contribution in [0.1, 0.15) is 5.56 Å². The van der Waals surface area contributed by atoms with E-state index in [0.29, 0.717) is 18.4 Å². The number of benzene rings is 1. The van der Waals surface area contributed by atoms with Crippen LogP contribution in [-0.2, 0) is 5.41 Å². The van der Waals surface area contributed by atoms with Gasteiger partial charge >= 0.3 is 0 Å². The zero-order valence-corrected chi connectivity index (χ0v) is 8.11. The first kappa shape index (κ1) is 8.45. The molecule has 1 saturated heterocycles. The Morgan fingerprint density at radius 2 is 2.14 bits per heavy atom. The van der Waals surface area contributed by atoms with E-state index in [9.17, 15) is 5.11 Å². The lowest BCUT2D eigenvalue weighted by molar-refractivity contribution is 0.253. The van der Waals surface area contributed by atoms with Crippen molar-refractivity contribution in [1.29, 1.82) is 0 Å². The number of rotatable bonds is 2. The Labute approximate surface area is 84.0 Å². The molecule has 74 valence electrons. The molecular formula is C12H15NO. The van der Waals surface area contributed by atoms with Gasteiger partial charge in [0, 0.05) is 18.6 Å². The summed E-state index contributed by atoms with van der Waals surface area (Å²) in [5.74, 6) is 1.15. The van der Waals surface area contributed by atoms with Crippen molar-refractivity contribution in [3.8, 4) is 0 Å². The molecule has 0 aromatic heterocycles. The summed E-state index contributed by atoms with van der Waals surface area (Å²) in [6.07, 6.45) is 0. The Balaban J connectivity index is 1.98. The number of piperidine rings is 1. The quantitative estimate of drug-likeness (QED) is 0.720. The first-order valence-corrected chi connectivity index (χ1v) is 5.26. The van der Waals surface area contributed by atoms with Crippen molar-refractivity contribution in [2.75, 3.05) is 19.7 Å². The molecule has 0 bridgehead atoms. The van der Waals surface area contributed by atoms with E-state index in [-0.39, 0.29) is 5.41 Å². The van der Waals surface area contributed by atoms with Crippen LogP contribution in [0.25, 0.3) is 0 Å². The number of aliphatic hydroxyl groups excluding tert-OH is 1. The highest BCUT2D eigenvalue weighted by Gasteiger charge is 2.66. The topological polar surface area (TPSA) is 32.3 Å². The molecular weight excluding hydrogens is 174 g/mol. The molecule has 2 N–H and O–H groups in total. The van der Waals surface area contributed by atoms with Crippen LogP contribution in [0.3, 0.4) is 0 Å². The fraction of sp³-hybridized carbons (Fsp3) is 0.500. The van der Waals surface area contributed by atoms with Crippen molar-refractivity contribution in [3.63, 3.8) is 0 Å². The first-order valence-electron chi connectivity index (χ1n) is 5.26. The van der Waals surface area contributed by atoms with Gasteiger partial charge in [0.15, 0.2) is 0 Å². The van der Waals surface area contributed by atoms with Gasteiger partial charge in [0.05, 0.1) is 0 Å². The number of fused-ring (bicyclic) bond motifs is 1. The van der Waals surface area contributed by atoms with Crippen molar-refractivity contribution in [2.24, 2.45) is 11.8 Å². The van der Waals surface area contributed by atoms with Crippen molar-refractivity contribution in [2.45, 2.75) is 5.41 Å². The highest BCUT2D eigenvalue weighted by atomic mass is 16.3. The van der Waals surface area contributed by atoms with E-state index in [1.807, 2.05) is 6.07 Å². The Morgan fingerprint density at radius 3 is 2.79 bits per heavy atom. The molecule has 1 aromatic carbocycles. The average Bonchev–Trinajstić information content (AvgIpc) is 2.67. The molecule has 2 nitrogen and oxygen atoms in total. The number of nitrogens with one attached hydrogen (secondary N) is 1. The van der Waals surface area contributed by atoms with Gasteiger partial charge in [-0.2, -0.15) is 0 Å². The molecule has 14 heavy (non-hydrogen) atoms. The summed E-state index contributed by atoms with van der Waals surface area (Å²) in [5, 5.41) is 12.7. The van der Waals surface area contributed by atoms with Crippen LogP contribution >= 0.6 is 0 Å². The van der Waals surface area contributed by atoms with Gasteiger partial charge in [0.1, 0.15) is 0 Å². The minimum atomic E-state index is 0.260. The van der Waals surface area contributed by atoms with E-state index < -0.39 is 0 Å². The summed E-state index contributed by atoms with van der Waals surface area (Å²) >= 11 is 0. The molecule has 2 heteroatoms. The van der Waals surface area contributed by atoms with E-state index in [4.69, 9.17) is 0 Å². The second-order valence-electron chi connectivity index (χ2n) is 4.43. The van der Waals surface area contributed by atoms with Gasteiger partial charge in [-0.1, -0.05) is 30.3 Å². The Hall–Kier alpha value is -0.860. The van der Waals surface area contributed by atoms with E-state index in [2.05, 4.69) is 29.6 Å². The monoisotopic (exact) mass is 189 g/mol. The molecule has 3 unspecified atom stereocenters. The minimum Gasteiger partial charge on any atom is -0.396 e. The molecule has 3 atom stereocenters. The Kier molecular flexibility index (Phi) is 1.70. The third kappa shape index (κ3) is 0.877. The maximum absolute atomic E-state index is 9.31. The highest BCUT2D eigenvalue weighted by molar-refractivity contribution is 5.39. The SMILES string of the molecule is OCC1C2CNCC12c1ccccc1. The van der Waals surface area contributed by atoms with Gasteiger partial charge < -0.3 is 10.4 Å². The van der Waals surface area contributed by atoms with Crippen molar-refractivity contribution < 1.29 is 5.11 Å². The molecule has 1 aliphatic carbocycles. The molecule has 1 saturated carbocycles. The Morgan fingerprint density at radius 1 is 1.36 bits per heavy atom. The fourth-order valence-electron chi connectivity index (χ4n) is 3.19. The third-order valence-electron chi connectivity index (χ3n) is 3.99. The molecule has 3 rings (SSSR count). The summed E-state index contributed by atoms with van der Waals surface area (Å²) in [6.45, 7) is 2.44. The number of aliphatic hydroxyl groups is 1. The number of hydrogen-bond acceptors (Lipinski definition) is 2. The van der Waals surface area contributed by atoms with E-state index in [1.54, 1.807) is 0 Å². The van der Waals surface area contributed by atoms with E-state index in [0.717, 1.165) is 13.1 Å². The standard InChI is InChI=1S/C12H15NO/c14-7-11-10-6-13-8-12(10,11)9-4-2-1-3-5-9/h1-5,10-11,13-14H,6-8H2. The number of hydrogen-bond donors (Lipinski definition) is 2. The molecule has 1 heterocycles. The zero-order valence-electron chi connectivity index (χ0n) is 8.11. The lowest BCUT2D eigenvalue weighted by atomic mass is 9.93. The molecule has 0 radical (unpaired) electrons. The van der Waals surface area contributed by atoms with E-state index >= 15 is 0 Å². The van der Waals surface area contributed by atoms with Gasteiger partial charge in [-0.25, -0.2) is 0 Å². The summed E-state index contributed by atoms with van der Waals surface area (Å²) in [6, 6.07) is 10.6. The van der Waals surface area contributed by atoms with Gasteiger partial charge in [0.2, 0.25) is 0 Å². The maximum atomic E-state index is 9.31. The second kappa shape index (κ2) is 2.81. The fourth-order valence-corrected chi connectivity index (χ4v) is 3.19. The molecule has 2 fully saturated rings. The lowest BCUT2D eigenvalue weighted by Crippen LogP contribution is -2.24. The highest BCUT2D eigenvalue weighted by Crippen LogP contribution is 2.61. The van der Waals surface area contributed by atoms with E-state index in [1.165, 1.54) is 5.56 Å². The first-order chi connectivity index (χ1) is 6.89. The largest absolute Gasteiger partial charge is 0.396 e. The molecule has 0 amide bonds. The Bertz CT molecular complexity index is 331. The van der Waals surface area contributed by atoms with Crippen molar-refractivity contribution in [1.82, 2.24) is 5.32 Å². The average molecular weight is 189 g/mol. The van der Waals surface area contributed by atoms with Crippen molar-refractivity contribution in [3.05, 3.63) is 35.9 Å². The zero-order chi connectivity index (χ0) is 9.60. The normalized spacial score (nSPS) is 39.5.